The van der Waals surface area contributed by atoms with Crippen LogP contribution in [0, 0.1) is 0 Å². The van der Waals surface area contributed by atoms with Gasteiger partial charge in [-0.25, -0.2) is 0 Å². The third kappa shape index (κ3) is 9.55. The van der Waals surface area contributed by atoms with Gasteiger partial charge in [0.25, 0.3) is 0 Å². The van der Waals surface area contributed by atoms with E-state index in [1.165, 1.54) is 0 Å². The molecule has 50 valence electrons. The molecule has 0 saturated carbocycles. The average Bonchev–Trinajstić information content (AvgIpc) is 2.52. The van der Waals surface area contributed by atoms with E-state index in [2.05, 4.69) is 19.6 Å². The first-order valence-corrected chi connectivity index (χ1v) is 3.27. The van der Waals surface area contributed by atoms with Crippen LogP contribution < -0.4 is 0 Å². The molecule has 0 aliphatic carbocycles. The van der Waals surface area contributed by atoms with Crippen molar-refractivity contribution < 1.29 is 9.84 Å². The molecule has 2 nitrogen and oxygen atoms in total. The van der Waals surface area contributed by atoms with E-state index in [1.807, 2.05) is 0 Å². The first kappa shape index (κ1) is 8.27. The second kappa shape index (κ2) is 5.41. The first-order valence-electron chi connectivity index (χ1n) is 2.64. The number of ether oxygens (including phenoxy) is 1. The molecule has 0 aromatic heterocycles. The summed E-state index contributed by atoms with van der Waals surface area (Å²) in [5.74, 6) is 0.569. The standard InChI is InChI=1S/C3H6O.C2H6OS/c1-3-2-4-3;3-1-2-4/h3H,2H2,1H3;3-4H,1-2H2. The van der Waals surface area contributed by atoms with Crippen LogP contribution in [-0.4, -0.2) is 30.2 Å². The highest BCUT2D eigenvalue weighted by molar-refractivity contribution is 7.80. The molecule has 1 atom stereocenters. The van der Waals surface area contributed by atoms with Gasteiger partial charge in [-0.1, -0.05) is 0 Å². The minimum Gasteiger partial charge on any atom is -0.396 e. The van der Waals surface area contributed by atoms with Gasteiger partial charge in [0.1, 0.15) is 0 Å². The van der Waals surface area contributed by atoms with Crippen LogP contribution in [0.3, 0.4) is 0 Å². The SMILES string of the molecule is CC1CO1.OCCS. The molecule has 3 heteroatoms. The molecule has 1 heterocycles. The van der Waals surface area contributed by atoms with Crippen molar-refractivity contribution in [2.75, 3.05) is 19.0 Å². The predicted octanol–water partition coefficient (Wildman–Crippen LogP) is 0.314. The van der Waals surface area contributed by atoms with Gasteiger partial charge >= 0.3 is 0 Å². The van der Waals surface area contributed by atoms with Crippen LogP contribution >= 0.6 is 12.6 Å². The molecule has 1 rings (SSSR count). The summed E-state index contributed by atoms with van der Waals surface area (Å²) in [5.41, 5.74) is 0. The Balaban J connectivity index is 0.000000122. The largest absolute Gasteiger partial charge is 0.396 e. The molecule has 1 unspecified atom stereocenters. The molecule has 0 aromatic rings. The lowest BCUT2D eigenvalue weighted by molar-refractivity contribution is 0.323. The van der Waals surface area contributed by atoms with Gasteiger partial charge in [-0.2, -0.15) is 12.6 Å². The second-order valence-electron chi connectivity index (χ2n) is 1.59. The predicted molar refractivity (Wildman–Crippen MR) is 36.4 cm³/mol. The Morgan fingerprint density at radius 2 is 2.12 bits per heavy atom. The van der Waals surface area contributed by atoms with Crippen molar-refractivity contribution in [3.63, 3.8) is 0 Å². The lowest BCUT2D eigenvalue weighted by Gasteiger charge is -1.69. The van der Waals surface area contributed by atoms with Crippen LogP contribution in [0.4, 0.5) is 0 Å². The van der Waals surface area contributed by atoms with Crippen LogP contribution in [0.25, 0.3) is 0 Å². The quantitative estimate of drug-likeness (QED) is 0.402. The van der Waals surface area contributed by atoms with Crippen molar-refractivity contribution in [2.24, 2.45) is 0 Å². The number of epoxide rings is 1. The molecule has 1 fully saturated rings. The highest BCUT2D eigenvalue weighted by Crippen LogP contribution is 2.04. The van der Waals surface area contributed by atoms with Crippen LogP contribution in [-0.2, 0) is 4.74 Å². The van der Waals surface area contributed by atoms with E-state index in [9.17, 15) is 0 Å². The Morgan fingerprint density at radius 3 is 2.12 bits per heavy atom. The summed E-state index contributed by atoms with van der Waals surface area (Å²) < 4.78 is 4.71. The Hall–Kier alpha value is 0.270. The minimum absolute atomic E-state index is 0.184. The maximum Gasteiger partial charge on any atom is 0.0781 e. The summed E-state index contributed by atoms with van der Waals surface area (Å²) >= 11 is 3.67. The monoisotopic (exact) mass is 136 g/mol. The first-order chi connectivity index (χ1) is 3.81. The van der Waals surface area contributed by atoms with Crippen molar-refractivity contribution in [3.05, 3.63) is 0 Å². The van der Waals surface area contributed by atoms with Gasteiger partial charge in [0.2, 0.25) is 0 Å². The fourth-order valence-electron chi connectivity index (χ4n) is 0.0962. The number of aliphatic hydroxyl groups is 1. The van der Waals surface area contributed by atoms with Gasteiger partial charge < -0.3 is 9.84 Å². The maximum atomic E-state index is 7.80. The van der Waals surface area contributed by atoms with E-state index in [-0.39, 0.29) is 6.61 Å². The van der Waals surface area contributed by atoms with Crippen molar-refractivity contribution >= 4 is 12.6 Å². The number of rotatable bonds is 1. The number of hydrogen-bond acceptors (Lipinski definition) is 3. The fourth-order valence-corrected chi connectivity index (χ4v) is 0.0962. The second-order valence-corrected chi connectivity index (χ2v) is 2.04. The molecule has 1 saturated heterocycles. The average molecular weight is 136 g/mol. The highest BCUT2D eigenvalue weighted by atomic mass is 32.1. The molecule has 0 radical (unpaired) electrons. The lowest BCUT2D eigenvalue weighted by Crippen LogP contribution is -1.76. The summed E-state index contributed by atoms with van der Waals surface area (Å²) in [6, 6.07) is 0. The maximum absolute atomic E-state index is 7.80. The zero-order valence-electron chi connectivity index (χ0n) is 5.00. The van der Waals surface area contributed by atoms with E-state index >= 15 is 0 Å². The molecule has 1 aliphatic rings. The molecule has 1 aliphatic heterocycles. The van der Waals surface area contributed by atoms with Gasteiger partial charge in [-0.05, 0) is 6.92 Å². The van der Waals surface area contributed by atoms with Crippen LogP contribution in [0.5, 0.6) is 0 Å². The third-order valence-corrected chi connectivity index (χ3v) is 0.800. The van der Waals surface area contributed by atoms with E-state index < -0.39 is 0 Å². The zero-order valence-corrected chi connectivity index (χ0v) is 5.90. The van der Waals surface area contributed by atoms with E-state index in [1.54, 1.807) is 0 Å². The summed E-state index contributed by atoms with van der Waals surface area (Å²) in [4.78, 5) is 0. The molecule has 0 spiro atoms. The van der Waals surface area contributed by atoms with E-state index in [0.29, 0.717) is 11.9 Å². The van der Waals surface area contributed by atoms with Gasteiger partial charge in [-0.15, -0.1) is 0 Å². The van der Waals surface area contributed by atoms with E-state index in [4.69, 9.17) is 9.84 Å². The number of thiol groups is 1. The van der Waals surface area contributed by atoms with Crippen molar-refractivity contribution in [1.29, 1.82) is 0 Å². The molecule has 0 aromatic carbocycles. The van der Waals surface area contributed by atoms with Crippen LogP contribution in [0.2, 0.25) is 0 Å². The van der Waals surface area contributed by atoms with E-state index in [0.717, 1.165) is 6.61 Å². The molecule has 0 amide bonds. The summed E-state index contributed by atoms with van der Waals surface area (Å²) in [6.07, 6.45) is 0.583. The topological polar surface area (TPSA) is 32.8 Å². The van der Waals surface area contributed by atoms with Gasteiger partial charge in [0.15, 0.2) is 0 Å². The molecule has 8 heavy (non-hydrogen) atoms. The number of hydrogen-bond donors (Lipinski definition) is 2. The Morgan fingerprint density at radius 1 is 1.88 bits per heavy atom. The smallest absolute Gasteiger partial charge is 0.0781 e. The van der Waals surface area contributed by atoms with Crippen molar-refractivity contribution in [2.45, 2.75) is 13.0 Å². The summed E-state index contributed by atoms with van der Waals surface area (Å²) in [7, 11) is 0. The molecular weight excluding hydrogens is 124 g/mol. The Labute approximate surface area is 55.3 Å². The van der Waals surface area contributed by atoms with Crippen molar-refractivity contribution in [1.82, 2.24) is 0 Å². The van der Waals surface area contributed by atoms with Gasteiger partial charge in [0, 0.05) is 5.75 Å². The van der Waals surface area contributed by atoms with Crippen LogP contribution in [0.1, 0.15) is 6.92 Å². The lowest BCUT2D eigenvalue weighted by atomic mass is 10.6. The normalized spacial score (nSPS) is 23.6. The molecule has 0 bridgehead atoms. The fraction of sp³-hybridized carbons (Fsp3) is 1.00. The summed E-state index contributed by atoms with van der Waals surface area (Å²) in [5, 5.41) is 7.80. The Bertz CT molecular complexity index is 43.7. The van der Waals surface area contributed by atoms with Gasteiger partial charge in [-0.3, -0.25) is 0 Å². The minimum atomic E-state index is 0.184. The summed E-state index contributed by atoms with van der Waals surface area (Å²) in [6.45, 7) is 3.23. The third-order valence-electron chi connectivity index (χ3n) is 0.600. The molecule has 1 N–H and O–H groups in total. The highest BCUT2D eigenvalue weighted by Gasteiger charge is 2.13. The Kier molecular flexibility index (Phi) is 5.59. The van der Waals surface area contributed by atoms with Crippen LogP contribution in [0.15, 0.2) is 0 Å². The van der Waals surface area contributed by atoms with Gasteiger partial charge in [0.05, 0.1) is 19.3 Å². The van der Waals surface area contributed by atoms with Crippen molar-refractivity contribution in [3.8, 4) is 0 Å². The molecular formula is C5H12O2S. The number of aliphatic hydroxyl groups excluding tert-OH is 1. The zero-order chi connectivity index (χ0) is 6.41.